The van der Waals surface area contributed by atoms with Crippen molar-refractivity contribution in [3.63, 3.8) is 0 Å². The van der Waals surface area contributed by atoms with Crippen LogP contribution in [0, 0.1) is 19.7 Å². The molecule has 0 aliphatic heterocycles. The average Bonchev–Trinajstić information content (AvgIpc) is 2.36. The number of benzene rings is 2. The van der Waals surface area contributed by atoms with Crippen LogP contribution in [0.5, 0.6) is 0 Å². The molecular formula is C15H15FN2O. The number of rotatable bonds is 2. The molecule has 0 heterocycles. The van der Waals surface area contributed by atoms with Crippen molar-refractivity contribution in [2.75, 3.05) is 11.1 Å². The van der Waals surface area contributed by atoms with Crippen LogP contribution < -0.4 is 11.1 Å². The Morgan fingerprint density at radius 1 is 1.16 bits per heavy atom. The normalized spacial score (nSPS) is 10.3. The van der Waals surface area contributed by atoms with Crippen LogP contribution in [0.4, 0.5) is 15.8 Å². The van der Waals surface area contributed by atoms with Gasteiger partial charge in [0, 0.05) is 11.4 Å². The summed E-state index contributed by atoms with van der Waals surface area (Å²) < 4.78 is 13.0. The standard InChI is InChI=1S/C15H15FN2O/c1-9-4-3-5-12(14(9)17)15(19)18-13-7-6-11(16)8-10(13)2/h3-8H,17H2,1-2H3,(H,18,19). The van der Waals surface area contributed by atoms with E-state index in [1.54, 1.807) is 19.1 Å². The first-order chi connectivity index (χ1) is 8.99. The Hall–Kier alpha value is -2.36. The van der Waals surface area contributed by atoms with Crippen LogP contribution in [0.25, 0.3) is 0 Å². The van der Waals surface area contributed by atoms with Crippen LogP contribution in [-0.2, 0) is 0 Å². The number of nitrogens with two attached hydrogens (primary N) is 1. The predicted octanol–water partition coefficient (Wildman–Crippen LogP) is 3.28. The van der Waals surface area contributed by atoms with Crippen molar-refractivity contribution in [3.8, 4) is 0 Å². The highest BCUT2D eigenvalue weighted by Gasteiger charge is 2.12. The van der Waals surface area contributed by atoms with Gasteiger partial charge in [0.15, 0.2) is 0 Å². The third-order valence-electron chi connectivity index (χ3n) is 3.01. The van der Waals surface area contributed by atoms with E-state index >= 15 is 0 Å². The van der Waals surface area contributed by atoms with E-state index in [-0.39, 0.29) is 11.7 Å². The largest absolute Gasteiger partial charge is 0.398 e. The van der Waals surface area contributed by atoms with Crippen molar-refractivity contribution in [1.82, 2.24) is 0 Å². The molecule has 19 heavy (non-hydrogen) atoms. The van der Waals surface area contributed by atoms with E-state index < -0.39 is 0 Å². The van der Waals surface area contributed by atoms with Crippen LogP contribution >= 0.6 is 0 Å². The van der Waals surface area contributed by atoms with Gasteiger partial charge in [-0.3, -0.25) is 4.79 Å². The van der Waals surface area contributed by atoms with Crippen LogP contribution in [-0.4, -0.2) is 5.91 Å². The first kappa shape index (κ1) is 13.1. The molecule has 0 radical (unpaired) electrons. The number of amides is 1. The number of nitrogen functional groups attached to an aromatic ring is 1. The van der Waals surface area contributed by atoms with Gasteiger partial charge in [0.25, 0.3) is 5.91 Å². The molecule has 0 aliphatic carbocycles. The lowest BCUT2D eigenvalue weighted by Gasteiger charge is -2.11. The minimum atomic E-state index is -0.328. The summed E-state index contributed by atoms with van der Waals surface area (Å²) in [5, 5.41) is 2.74. The van der Waals surface area contributed by atoms with Crippen molar-refractivity contribution >= 4 is 17.3 Å². The maximum atomic E-state index is 13.0. The van der Waals surface area contributed by atoms with Gasteiger partial charge in [-0.15, -0.1) is 0 Å². The van der Waals surface area contributed by atoms with Gasteiger partial charge < -0.3 is 11.1 Å². The number of carbonyl (C=O) groups excluding carboxylic acids is 1. The minimum absolute atomic E-state index is 0.295. The van der Waals surface area contributed by atoms with Crippen LogP contribution in [0.3, 0.4) is 0 Å². The monoisotopic (exact) mass is 258 g/mol. The van der Waals surface area contributed by atoms with Crippen LogP contribution in [0.2, 0.25) is 0 Å². The molecule has 0 saturated carbocycles. The Morgan fingerprint density at radius 2 is 1.89 bits per heavy atom. The molecule has 2 aromatic carbocycles. The fraction of sp³-hybridized carbons (Fsp3) is 0.133. The maximum absolute atomic E-state index is 13.0. The summed E-state index contributed by atoms with van der Waals surface area (Å²) in [5.74, 6) is -0.624. The van der Waals surface area contributed by atoms with Crippen LogP contribution in [0.1, 0.15) is 21.5 Å². The summed E-state index contributed by atoms with van der Waals surface area (Å²) >= 11 is 0. The number of halogens is 1. The second kappa shape index (κ2) is 5.10. The number of anilines is 2. The van der Waals surface area contributed by atoms with Crippen molar-refractivity contribution in [2.45, 2.75) is 13.8 Å². The lowest BCUT2D eigenvalue weighted by molar-refractivity contribution is 0.102. The van der Waals surface area contributed by atoms with E-state index in [2.05, 4.69) is 5.32 Å². The van der Waals surface area contributed by atoms with E-state index in [1.807, 2.05) is 13.0 Å². The molecule has 2 aromatic rings. The SMILES string of the molecule is Cc1cc(F)ccc1NC(=O)c1cccc(C)c1N. The zero-order valence-corrected chi connectivity index (χ0v) is 10.8. The number of aryl methyl sites for hydroxylation is 2. The lowest BCUT2D eigenvalue weighted by atomic mass is 10.1. The molecule has 2 rings (SSSR count). The summed E-state index contributed by atoms with van der Waals surface area (Å²) in [6, 6.07) is 9.50. The first-order valence-electron chi connectivity index (χ1n) is 5.91. The second-order valence-electron chi connectivity index (χ2n) is 4.45. The molecule has 0 unspecified atom stereocenters. The van der Waals surface area contributed by atoms with Crippen LogP contribution in [0.15, 0.2) is 36.4 Å². The highest BCUT2D eigenvalue weighted by atomic mass is 19.1. The quantitative estimate of drug-likeness (QED) is 0.812. The zero-order valence-electron chi connectivity index (χ0n) is 10.8. The molecule has 1 amide bonds. The maximum Gasteiger partial charge on any atom is 0.257 e. The third-order valence-corrected chi connectivity index (χ3v) is 3.01. The molecule has 0 atom stereocenters. The zero-order chi connectivity index (χ0) is 14.0. The van der Waals surface area contributed by atoms with E-state index in [1.165, 1.54) is 18.2 Å². The van der Waals surface area contributed by atoms with Gasteiger partial charge >= 0.3 is 0 Å². The average molecular weight is 258 g/mol. The van der Waals surface area contributed by atoms with Crippen molar-refractivity contribution in [2.24, 2.45) is 0 Å². The number of hydrogen-bond acceptors (Lipinski definition) is 2. The van der Waals surface area contributed by atoms with Gasteiger partial charge in [0.1, 0.15) is 5.82 Å². The number of carbonyl (C=O) groups is 1. The van der Waals surface area contributed by atoms with Gasteiger partial charge in [0.05, 0.1) is 5.56 Å². The van der Waals surface area contributed by atoms with Gasteiger partial charge in [-0.2, -0.15) is 0 Å². The molecule has 0 aliphatic rings. The molecule has 0 bridgehead atoms. The summed E-state index contributed by atoms with van der Waals surface area (Å²) in [6.07, 6.45) is 0. The van der Waals surface area contributed by atoms with E-state index in [9.17, 15) is 9.18 Å². The summed E-state index contributed by atoms with van der Waals surface area (Å²) in [7, 11) is 0. The third kappa shape index (κ3) is 2.73. The fourth-order valence-electron chi connectivity index (χ4n) is 1.84. The molecule has 0 aromatic heterocycles. The highest BCUT2D eigenvalue weighted by molar-refractivity contribution is 6.08. The second-order valence-corrected chi connectivity index (χ2v) is 4.45. The Balaban J connectivity index is 2.28. The fourth-order valence-corrected chi connectivity index (χ4v) is 1.84. The van der Waals surface area contributed by atoms with Gasteiger partial charge in [0.2, 0.25) is 0 Å². The molecule has 0 fully saturated rings. The van der Waals surface area contributed by atoms with Crippen molar-refractivity contribution < 1.29 is 9.18 Å². The highest BCUT2D eigenvalue weighted by Crippen LogP contribution is 2.20. The van der Waals surface area contributed by atoms with Crippen molar-refractivity contribution in [3.05, 3.63) is 58.9 Å². The smallest absolute Gasteiger partial charge is 0.257 e. The molecule has 3 nitrogen and oxygen atoms in total. The number of para-hydroxylation sites is 1. The topological polar surface area (TPSA) is 55.1 Å². The Bertz CT molecular complexity index is 638. The number of hydrogen-bond donors (Lipinski definition) is 2. The minimum Gasteiger partial charge on any atom is -0.398 e. The van der Waals surface area contributed by atoms with E-state index in [4.69, 9.17) is 5.73 Å². The van der Waals surface area contributed by atoms with Gasteiger partial charge in [-0.1, -0.05) is 12.1 Å². The number of nitrogens with one attached hydrogen (secondary N) is 1. The molecule has 0 saturated heterocycles. The van der Waals surface area contributed by atoms with E-state index in [0.29, 0.717) is 22.5 Å². The molecule has 3 N–H and O–H groups in total. The lowest BCUT2D eigenvalue weighted by Crippen LogP contribution is -2.15. The molecular weight excluding hydrogens is 243 g/mol. The summed E-state index contributed by atoms with van der Waals surface area (Å²) in [4.78, 5) is 12.1. The summed E-state index contributed by atoms with van der Waals surface area (Å²) in [6.45, 7) is 3.58. The molecule has 0 spiro atoms. The van der Waals surface area contributed by atoms with Crippen molar-refractivity contribution in [1.29, 1.82) is 0 Å². The van der Waals surface area contributed by atoms with Gasteiger partial charge in [-0.05, 0) is 49.2 Å². The first-order valence-corrected chi connectivity index (χ1v) is 5.91. The predicted molar refractivity (Wildman–Crippen MR) is 74.7 cm³/mol. The molecule has 98 valence electrons. The molecule has 4 heteroatoms. The Kier molecular flexibility index (Phi) is 3.51. The Labute approximate surface area is 111 Å². The van der Waals surface area contributed by atoms with E-state index in [0.717, 1.165) is 5.56 Å². The van der Waals surface area contributed by atoms with Gasteiger partial charge in [-0.25, -0.2) is 4.39 Å². The summed E-state index contributed by atoms with van der Waals surface area (Å²) in [5.41, 5.74) is 8.85. The Morgan fingerprint density at radius 3 is 2.58 bits per heavy atom.